The summed E-state index contributed by atoms with van der Waals surface area (Å²) in [5, 5.41) is 3.91. The molecule has 0 spiro atoms. The fourth-order valence-electron chi connectivity index (χ4n) is 3.25. The van der Waals surface area contributed by atoms with Crippen molar-refractivity contribution in [2.45, 2.75) is 20.3 Å². The van der Waals surface area contributed by atoms with E-state index in [1.165, 1.54) is 0 Å². The Labute approximate surface area is 151 Å². The molecule has 0 saturated heterocycles. The minimum atomic E-state index is -0.144. The van der Waals surface area contributed by atoms with E-state index in [4.69, 9.17) is 9.72 Å². The van der Waals surface area contributed by atoms with Gasteiger partial charge in [0.25, 0.3) is 5.56 Å². The zero-order chi connectivity index (χ0) is 18.1. The maximum absolute atomic E-state index is 12.7. The quantitative estimate of drug-likeness (QED) is 0.736. The summed E-state index contributed by atoms with van der Waals surface area (Å²) in [7, 11) is 0. The van der Waals surface area contributed by atoms with Crippen LogP contribution < -0.4 is 20.5 Å². The van der Waals surface area contributed by atoms with Gasteiger partial charge in [0.15, 0.2) is 0 Å². The van der Waals surface area contributed by atoms with Gasteiger partial charge in [-0.15, -0.1) is 0 Å². The van der Waals surface area contributed by atoms with Crippen LogP contribution in [0.1, 0.15) is 20.3 Å². The van der Waals surface area contributed by atoms with E-state index in [0.29, 0.717) is 23.3 Å². The van der Waals surface area contributed by atoms with Crippen LogP contribution in [0.15, 0.2) is 41.2 Å². The highest BCUT2D eigenvalue weighted by Crippen LogP contribution is 2.34. The maximum atomic E-state index is 12.7. The number of nitrogens with zero attached hydrogens (tertiary/aromatic N) is 2. The lowest BCUT2D eigenvalue weighted by Gasteiger charge is -2.15. The Bertz CT molecular complexity index is 1010. The lowest BCUT2D eigenvalue weighted by atomic mass is 10.1. The Morgan fingerprint density at radius 1 is 1.23 bits per heavy atom. The van der Waals surface area contributed by atoms with Crippen LogP contribution in [0.4, 0.5) is 11.4 Å². The number of aromatic amines is 1. The molecular formula is C20H22N4O2. The first-order chi connectivity index (χ1) is 12.7. The summed E-state index contributed by atoms with van der Waals surface area (Å²) in [6.45, 7) is 6.45. The van der Waals surface area contributed by atoms with Crippen molar-refractivity contribution in [1.82, 2.24) is 9.97 Å². The molecular weight excluding hydrogens is 328 g/mol. The highest BCUT2D eigenvalue weighted by Gasteiger charge is 2.20. The Morgan fingerprint density at radius 3 is 2.88 bits per heavy atom. The summed E-state index contributed by atoms with van der Waals surface area (Å²) in [5.74, 6) is 1.26. The number of H-pyrrole nitrogens is 1. The SMILES string of the molecule is CCCOc1ccccc1-c1nc2cc3c(cc2c(=O)[nH]1)NCN3CC. The average Bonchev–Trinajstić information content (AvgIpc) is 3.07. The molecule has 2 N–H and O–H groups in total. The molecule has 1 aliphatic heterocycles. The second-order valence-electron chi connectivity index (χ2n) is 6.34. The number of aromatic nitrogens is 2. The van der Waals surface area contributed by atoms with E-state index < -0.39 is 0 Å². The topological polar surface area (TPSA) is 70.2 Å². The third-order valence-corrected chi connectivity index (χ3v) is 4.61. The van der Waals surface area contributed by atoms with Crippen LogP contribution in [-0.4, -0.2) is 29.8 Å². The molecule has 6 heteroatoms. The van der Waals surface area contributed by atoms with E-state index in [1.54, 1.807) is 0 Å². The monoisotopic (exact) mass is 350 g/mol. The maximum Gasteiger partial charge on any atom is 0.259 e. The van der Waals surface area contributed by atoms with Crippen LogP contribution in [0.25, 0.3) is 22.3 Å². The number of para-hydroxylation sites is 1. The number of ether oxygens (including phenoxy) is 1. The normalized spacial score (nSPS) is 12.9. The summed E-state index contributed by atoms with van der Waals surface area (Å²) in [6.07, 6.45) is 0.919. The Hall–Kier alpha value is -3.02. The van der Waals surface area contributed by atoms with Gasteiger partial charge in [-0.2, -0.15) is 0 Å². The highest BCUT2D eigenvalue weighted by atomic mass is 16.5. The molecule has 2 aromatic carbocycles. The third-order valence-electron chi connectivity index (χ3n) is 4.61. The van der Waals surface area contributed by atoms with E-state index >= 15 is 0 Å². The van der Waals surface area contributed by atoms with E-state index in [0.717, 1.165) is 42.3 Å². The Balaban J connectivity index is 1.86. The first-order valence-corrected chi connectivity index (χ1v) is 9.00. The first kappa shape index (κ1) is 16.4. The fourth-order valence-corrected chi connectivity index (χ4v) is 3.25. The number of fused-ring (bicyclic) bond motifs is 2. The molecule has 0 bridgehead atoms. The van der Waals surface area contributed by atoms with Gasteiger partial charge in [-0.3, -0.25) is 4.79 Å². The van der Waals surface area contributed by atoms with Crippen molar-refractivity contribution in [3.05, 3.63) is 46.8 Å². The van der Waals surface area contributed by atoms with Crippen molar-refractivity contribution in [2.24, 2.45) is 0 Å². The summed E-state index contributed by atoms with van der Waals surface area (Å²) >= 11 is 0. The molecule has 0 atom stereocenters. The van der Waals surface area contributed by atoms with Gasteiger partial charge < -0.3 is 19.9 Å². The van der Waals surface area contributed by atoms with Crippen LogP contribution >= 0.6 is 0 Å². The standard InChI is InChI=1S/C20H22N4O2/c1-3-9-26-18-8-6-5-7-13(18)19-22-15-11-17-16(21-12-24(17)4-2)10-14(15)20(25)23-19/h5-8,10-11,21H,3-4,9,12H2,1-2H3,(H,22,23,25). The van der Waals surface area contributed by atoms with E-state index in [2.05, 4.69) is 29.0 Å². The van der Waals surface area contributed by atoms with E-state index in [1.807, 2.05) is 36.4 Å². The number of rotatable bonds is 5. The zero-order valence-corrected chi connectivity index (χ0v) is 15.0. The molecule has 0 aliphatic carbocycles. The summed E-state index contributed by atoms with van der Waals surface area (Å²) in [4.78, 5) is 22.5. The molecule has 0 amide bonds. The summed E-state index contributed by atoms with van der Waals surface area (Å²) in [5.41, 5.74) is 3.40. The molecule has 1 aliphatic rings. The average molecular weight is 350 g/mol. The smallest absolute Gasteiger partial charge is 0.259 e. The lowest BCUT2D eigenvalue weighted by Crippen LogP contribution is -2.21. The van der Waals surface area contributed by atoms with Crippen LogP contribution in [0.2, 0.25) is 0 Å². The van der Waals surface area contributed by atoms with Crippen molar-refractivity contribution < 1.29 is 4.74 Å². The summed E-state index contributed by atoms with van der Waals surface area (Å²) in [6, 6.07) is 11.5. The molecule has 0 radical (unpaired) electrons. The second-order valence-corrected chi connectivity index (χ2v) is 6.34. The fraction of sp³-hybridized carbons (Fsp3) is 0.300. The van der Waals surface area contributed by atoms with Gasteiger partial charge in [0, 0.05) is 6.54 Å². The second kappa shape index (κ2) is 6.71. The molecule has 4 rings (SSSR count). The van der Waals surface area contributed by atoms with Crippen molar-refractivity contribution in [3.63, 3.8) is 0 Å². The van der Waals surface area contributed by atoms with Crippen molar-refractivity contribution in [1.29, 1.82) is 0 Å². The Morgan fingerprint density at radius 2 is 2.08 bits per heavy atom. The molecule has 0 saturated carbocycles. The zero-order valence-electron chi connectivity index (χ0n) is 15.0. The number of benzene rings is 2. The van der Waals surface area contributed by atoms with Crippen molar-refractivity contribution in [2.75, 3.05) is 30.0 Å². The van der Waals surface area contributed by atoms with Gasteiger partial charge in [-0.05, 0) is 37.6 Å². The minimum absolute atomic E-state index is 0.144. The van der Waals surface area contributed by atoms with Gasteiger partial charge in [0.05, 0.1) is 41.1 Å². The predicted octanol–water partition coefficient (Wildman–Crippen LogP) is 3.59. The molecule has 0 fully saturated rings. The molecule has 26 heavy (non-hydrogen) atoms. The van der Waals surface area contributed by atoms with Crippen LogP contribution in [0.3, 0.4) is 0 Å². The highest BCUT2D eigenvalue weighted by molar-refractivity contribution is 5.92. The van der Waals surface area contributed by atoms with Gasteiger partial charge in [-0.25, -0.2) is 4.98 Å². The molecule has 3 aromatic rings. The number of anilines is 2. The predicted molar refractivity (Wildman–Crippen MR) is 105 cm³/mol. The van der Waals surface area contributed by atoms with Gasteiger partial charge in [0.2, 0.25) is 0 Å². The van der Waals surface area contributed by atoms with Gasteiger partial charge in [0.1, 0.15) is 11.6 Å². The molecule has 1 aromatic heterocycles. The minimum Gasteiger partial charge on any atom is -0.493 e. The van der Waals surface area contributed by atoms with E-state index in [-0.39, 0.29) is 5.56 Å². The molecule has 2 heterocycles. The lowest BCUT2D eigenvalue weighted by molar-refractivity contribution is 0.318. The molecule has 0 unspecified atom stereocenters. The number of hydrogen-bond donors (Lipinski definition) is 2. The van der Waals surface area contributed by atoms with Crippen LogP contribution in [-0.2, 0) is 0 Å². The summed E-state index contributed by atoms with van der Waals surface area (Å²) < 4.78 is 5.82. The van der Waals surface area contributed by atoms with Gasteiger partial charge in [-0.1, -0.05) is 19.1 Å². The van der Waals surface area contributed by atoms with E-state index in [9.17, 15) is 4.79 Å². The number of nitrogens with one attached hydrogen (secondary N) is 2. The van der Waals surface area contributed by atoms with Crippen LogP contribution in [0, 0.1) is 0 Å². The Kier molecular flexibility index (Phi) is 4.24. The molecule has 6 nitrogen and oxygen atoms in total. The molecule has 134 valence electrons. The first-order valence-electron chi connectivity index (χ1n) is 9.00. The largest absolute Gasteiger partial charge is 0.493 e. The van der Waals surface area contributed by atoms with Crippen LogP contribution in [0.5, 0.6) is 5.75 Å². The number of hydrogen-bond acceptors (Lipinski definition) is 5. The van der Waals surface area contributed by atoms with Crippen molar-refractivity contribution >= 4 is 22.3 Å². The third kappa shape index (κ3) is 2.77. The van der Waals surface area contributed by atoms with Gasteiger partial charge >= 0.3 is 0 Å². The van der Waals surface area contributed by atoms with Crippen molar-refractivity contribution in [3.8, 4) is 17.1 Å².